The molecule has 0 aromatic heterocycles. The van der Waals surface area contributed by atoms with Crippen LogP contribution in [0.1, 0.15) is 17.5 Å². The van der Waals surface area contributed by atoms with E-state index in [0.29, 0.717) is 35.9 Å². The molecule has 2 aliphatic rings. The van der Waals surface area contributed by atoms with E-state index in [1.807, 2.05) is 56.4 Å². The number of amidine groups is 2. The van der Waals surface area contributed by atoms with Crippen molar-refractivity contribution in [2.24, 2.45) is 15.0 Å². The van der Waals surface area contributed by atoms with E-state index in [0.717, 1.165) is 30.2 Å². The largest absolute Gasteiger partial charge is 0.441 e. The standard InChI is InChI=1S/C23H24N6O2/c1-28(2)19-8-7-16(15-24)13-20(19)31-21-9-10-26-23(27-21)30-18-6-4-5-17(14-18)22-25-11-12-29(22)3/h4-8,13-14H,9-12H2,1-3H3. The molecule has 0 N–H and O–H groups in total. The molecule has 2 aliphatic heterocycles. The number of rotatable bonds is 4. The van der Waals surface area contributed by atoms with Gasteiger partial charge in [0, 0.05) is 45.7 Å². The predicted molar refractivity (Wildman–Crippen MR) is 122 cm³/mol. The second-order valence-electron chi connectivity index (χ2n) is 7.47. The fourth-order valence-corrected chi connectivity index (χ4v) is 3.38. The van der Waals surface area contributed by atoms with Gasteiger partial charge in [0.05, 0.1) is 30.4 Å². The van der Waals surface area contributed by atoms with Gasteiger partial charge in [0.15, 0.2) is 5.75 Å². The number of nitriles is 1. The number of benzene rings is 2. The number of likely N-dealkylation sites (N-methyl/N-ethyl adjacent to an activating group) is 1. The van der Waals surface area contributed by atoms with Crippen LogP contribution in [0.25, 0.3) is 0 Å². The summed E-state index contributed by atoms with van der Waals surface area (Å²) >= 11 is 0. The second-order valence-corrected chi connectivity index (χ2v) is 7.47. The molecule has 2 heterocycles. The highest BCUT2D eigenvalue weighted by Crippen LogP contribution is 2.29. The Bertz CT molecular complexity index is 1110. The molecule has 158 valence electrons. The zero-order valence-electron chi connectivity index (χ0n) is 17.9. The number of nitrogens with zero attached hydrogens (tertiary/aromatic N) is 6. The number of anilines is 1. The van der Waals surface area contributed by atoms with Gasteiger partial charge in [-0.1, -0.05) is 12.1 Å². The Hall–Kier alpha value is -3.86. The molecule has 2 aromatic carbocycles. The average molecular weight is 416 g/mol. The Balaban J connectivity index is 1.52. The van der Waals surface area contributed by atoms with Gasteiger partial charge in [-0.2, -0.15) is 10.3 Å². The third-order valence-corrected chi connectivity index (χ3v) is 4.95. The molecule has 0 saturated carbocycles. The number of hydrogen-bond acceptors (Lipinski definition) is 8. The first-order chi connectivity index (χ1) is 15.0. The highest BCUT2D eigenvalue weighted by molar-refractivity contribution is 6.00. The first-order valence-corrected chi connectivity index (χ1v) is 10.1. The van der Waals surface area contributed by atoms with Gasteiger partial charge in [0.2, 0.25) is 5.90 Å². The first-order valence-electron chi connectivity index (χ1n) is 10.1. The van der Waals surface area contributed by atoms with E-state index < -0.39 is 0 Å². The van der Waals surface area contributed by atoms with Crippen molar-refractivity contribution in [2.75, 3.05) is 45.7 Å². The Kier molecular flexibility index (Phi) is 5.85. The maximum atomic E-state index is 9.22. The van der Waals surface area contributed by atoms with E-state index in [1.54, 1.807) is 12.1 Å². The molecule has 0 radical (unpaired) electrons. The molecule has 0 aliphatic carbocycles. The van der Waals surface area contributed by atoms with E-state index in [9.17, 15) is 5.26 Å². The van der Waals surface area contributed by atoms with Gasteiger partial charge in [-0.15, -0.1) is 0 Å². The zero-order valence-corrected chi connectivity index (χ0v) is 17.9. The Labute approximate surface area is 181 Å². The summed E-state index contributed by atoms with van der Waals surface area (Å²) in [7, 11) is 5.87. The van der Waals surface area contributed by atoms with Gasteiger partial charge in [-0.3, -0.25) is 4.99 Å². The lowest BCUT2D eigenvalue weighted by Crippen LogP contribution is -2.23. The van der Waals surface area contributed by atoms with Crippen LogP contribution in [0.15, 0.2) is 57.4 Å². The molecule has 2 aromatic rings. The quantitative estimate of drug-likeness (QED) is 0.765. The van der Waals surface area contributed by atoms with Crippen molar-refractivity contribution in [3.05, 3.63) is 53.6 Å². The number of aliphatic imine (C=N–C) groups is 3. The Morgan fingerprint density at radius 3 is 2.68 bits per heavy atom. The van der Waals surface area contributed by atoms with Crippen molar-refractivity contribution in [1.82, 2.24) is 4.90 Å². The fraction of sp³-hybridized carbons (Fsp3) is 0.304. The Morgan fingerprint density at radius 1 is 1.06 bits per heavy atom. The Morgan fingerprint density at radius 2 is 1.94 bits per heavy atom. The van der Waals surface area contributed by atoms with Crippen molar-refractivity contribution in [2.45, 2.75) is 6.42 Å². The van der Waals surface area contributed by atoms with Crippen molar-refractivity contribution in [1.29, 1.82) is 5.26 Å². The molecular weight excluding hydrogens is 392 g/mol. The first kappa shape index (κ1) is 20.4. The van der Waals surface area contributed by atoms with E-state index in [4.69, 9.17) is 9.47 Å². The average Bonchev–Trinajstić information content (AvgIpc) is 3.20. The normalized spacial score (nSPS) is 15.5. The summed E-state index contributed by atoms with van der Waals surface area (Å²) in [6.45, 7) is 2.23. The molecule has 0 spiro atoms. The van der Waals surface area contributed by atoms with Crippen molar-refractivity contribution in [3.63, 3.8) is 0 Å². The monoisotopic (exact) mass is 416 g/mol. The van der Waals surface area contributed by atoms with Crippen LogP contribution in [0.3, 0.4) is 0 Å². The third-order valence-electron chi connectivity index (χ3n) is 4.95. The molecule has 0 bridgehead atoms. The lowest BCUT2D eigenvalue weighted by molar-refractivity contribution is 0.503. The van der Waals surface area contributed by atoms with Crippen LogP contribution in [-0.2, 0) is 0 Å². The summed E-state index contributed by atoms with van der Waals surface area (Å²) in [5.74, 6) is 2.68. The topological polar surface area (TPSA) is 85.8 Å². The van der Waals surface area contributed by atoms with Crippen LogP contribution in [0.5, 0.6) is 11.5 Å². The summed E-state index contributed by atoms with van der Waals surface area (Å²) < 4.78 is 12.0. The van der Waals surface area contributed by atoms with Crippen LogP contribution < -0.4 is 14.4 Å². The summed E-state index contributed by atoms with van der Waals surface area (Å²) in [4.78, 5) is 17.4. The zero-order chi connectivity index (χ0) is 21.8. The predicted octanol–water partition coefficient (Wildman–Crippen LogP) is 2.93. The molecule has 0 atom stereocenters. The molecule has 0 unspecified atom stereocenters. The van der Waals surface area contributed by atoms with Crippen molar-refractivity contribution < 1.29 is 9.47 Å². The minimum absolute atomic E-state index is 0.253. The molecule has 4 rings (SSSR count). The van der Waals surface area contributed by atoms with Gasteiger partial charge in [0.1, 0.15) is 11.6 Å². The van der Waals surface area contributed by atoms with Crippen molar-refractivity contribution in [3.8, 4) is 17.6 Å². The van der Waals surface area contributed by atoms with Gasteiger partial charge >= 0.3 is 6.02 Å². The summed E-state index contributed by atoms with van der Waals surface area (Å²) in [6, 6.07) is 15.5. The van der Waals surface area contributed by atoms with Crippen molar-refractivity contribution >= 4 is 23.4 Å². The second kappa shape index (κ2) is 8.88. The molecule has 8 nitrogen and oxygen atoms in total. The van der Waals surface area contributed by atoms with Crippen LogP contribution in [-0.4, -0.2) is 63.4 Å². The van der Waals surface area contributed by atoms with E-state index in [-0.39, 0.29) is 6.02 Å². The lowest BCUT2D eigenvalue weighted by Gasteiger charge is -2.19. The van der Waals surface area contributed by atoms with E-state index in [2.05, 4.69) is 25.9 Å². The van der Waals surface area contributed by atoms with Crippen LogP contribution in [0, 0.1) is 11.3 Å². The fourth-order valence-electron chi connectivity index (χ4n) is 3.38. The summed E-state index contributed by atoms with van der Waals surface area (Å²) in [6.07, 6.45) is 0.554. The highest BCUT2D eigenvalue weighted by atomic mass is 16.5. The number of ether oxygens (including phenoxy) is 2. The molecule has 31 heavy (non-hydrogen) atoms. The smallest absolute Gasteiger partial charge is 0.320 e. The molecule has 8 heteroatoms. The van der Waals surface area contributed by atoms with Gasteiger partial charge in [0.25, 0.3) is 0 Å². The lowest BCUT2D eigenvalue weighted by atomic mass is 10.2. The van der Waals surface area contributed by atoms with Gasteiger partial charge in [-0.25, -0.2) is 4.99 Å². The molecular formula is C23H24N6O2. The maximum Gasteiger partial charge on any atom is 0.320 e. The summed E-state index contributed by atoms with van der Waals surface area (Å²) in [5.41, 5.74) is 2.39. The maximum absolute atomic E-state index is 9.22. The summed E-state index contributed by atoms with van der Waals surface area (Å²) in [5, 5.41) is 9.22. The van der Waals surface area contributed by atoms with Crippen LogP contribution in [0.2, 0.25) is 0 Å². The van der Waals surface area contributed by atoms with Crippen LogP contribution in [0.4, 0.5) is 5.69 Å². The SMILES string of the molecule is CN1CCN=C1c1cccc(OC2=NCCC(Oc3cc(C#N)ccc3N(C)C)=N2)c1. The number of hydrogen-bond donors (Lipinski definition) is 0. The van der Waals surface area contributed by atoms with Gasteiger partial charge < -0.3 is 19.3 Å². The highest BCUT2D eigenvalue weighted by Gasteiger charge is 2.18. The third kappa shape index (κ3) is 4.67. The van der Waals surface area contributed by atoms with Crippen LogP contribution >= 0.6 is 0 Å². The van der Waals surface area contributed by atoms with E-state index >= 15 is 0 Å². The van der Waals surface area contributed by atoms with E-state index in [1.165, 1.54) is 0 Å². The molecule has 0 saturated heterocycles. The molecule has 0 fully saturated rings. The van der Waals surface area contributed by atoms with Gasteiger partial charge in [-0.05, 0) is 24.3 Å². The molecule has 0 amide bonds. The minimum Gasteiger partial charge on any atom is -0.441 e. The minimum atomic E-state index is 0.253.